The van der Waals surface area contributed by atoms with Crippen molar-refractivity contribution in [3.63, 3.8) is 0 Å². The standard InChI is InChI=1S/C14H16BrN3/c1-10-8-17-14(7-13(10)16)18(2)9-11-3-5-12(15)6-4-11/h3-8H,9H2,1-2H3,(H2,16,17). The molecule has 0 aliphatic carbocycles. The highest BCUT2D eigenvalue weighted by Crippen LogP contribution is 2.19. The first-order valence-electron chi connectivity index (χ1n) is 5.74. The Balaban J connectivity index is 2.13. The number of aryl methyl sites for hydroxylation is 1. The van der Waals surface area contributed by atoms with Crippen LogP contribution in [0.1, 0.15) is 11.1 Å². The molecule has 3 nitrogen and oxygen atoms in total. The van der Waals surface area contributed by atoms with Crippen molar-refractivity contribution in [2.75, 3.05) is 17.7 Å². The third-order valence-electron chi connectivity index (χ3n) is 2.85. The lowest BCUT2D eigenvalue weighted by atomic mass is 10.2. The Hall–Kier alpha value is -1.55. The molecule has 0 saturated heterocycles. The molecule has 0 saturated carbocycles. The molecule has 0 spiro atoms. The quantitative estimate of drug-likeness (QED) is 0.945. The third-order valence-corrected chi connectivity index (χ3v) is 3.38. The van der Waals surface area contributed by atoms with Crippen LogP contribution in [0.5, 0.6) is 0 Å². The van der Waals surface area contributed by atoms with Gasteiger partial charge in [-0.2, -0.15) is 0 Å². The summed E-state index contributed by atoms with van der Waals surface area (Å²) in [5.74, 6) is 0.890. The lowest BCUT2D eigenvalue weighted by molar-refractivity contribution is 0.897. The van der Waals surface area contributed by atoms with E-state index in [-0.39, 0.29) is 0 Å². The summed E-state index contributed by atoms with van der Waals surface area (Å²) < 4.78 is 1.09. The molecule has 0 atom stereocenters. The summed E-state index contributed by atoms with van der Waals surface area (Å²) in [5, 5.41) is 0. The van der Waals surface area contributed by atoms with Crippen molar-refractivity contribution in [3.8, 4) is 0 Å². The Morgan fingerprint density at radius 2 is 1.94 bits per heavy atom. The van der Waals surface area contributed by atoms with Gasteiger partial charge >= 0.3 is 0 Å². The summed E-state index contributed by atoms with van der Waals surface area (Å²) in [6, 6.07) is 10.2. The van der Waals surface area contributed by atoms with Gasteiger partial charge in [0.1, 0.15) is 5.82 Å². The average molecular weight is 306 g/mol. The van der Waals surface area contributed by atoms with Crippen molar-refractivity contribution in [2.24, 2.45) is 0 Å². The van der Waals surface area contributed by atoms with Crippen molar-refractivity contribution in [1.29, 1.82) is 0 Å². The Kier molecular flexibility index (Phi) is 3.87. The van der Waals surface area contributed by atoms with E-state index in [1.54, 1.807) is 0 Å². The number of halogens is 1. The molecule has 0 bridgehead atoms. The fourth-order valence-corrected chi connectivity index (χ4v) is 1.95. The molecular formula is C14H16BrN3. The Morgan fingerprint density at radius 3 is 2.56 bits per heavy atom. The van der Waals surface area contributed by atoms with Crippen LogP contribution in [0.15, 0.2) is 41.0 Å². The lowest BCUT2D eigenvalue weighted by Gasteiger charge is -2.19. The normalized spacial score (nSPS) is 10.4. The number of hydrogen-bond acceptors (Lipinski definition) is 3. The molecule has 2 aromatic rings. The molecule has 0 fully saturated rings. The molecule has 2 N–H and O–H groups in total. The van der Waals surface area contributed by atoms with E-state index in [1.165, 1.54) is 5.56 Å². The molecule has 0 unspecified atom stereocenters. The van der Waals surface area contributed by atoms with Crippen molar-refractivity contribution in [1.82, 2.24) is 4.98 Å². The highest BCUT2D eigenvalue weighted by atomic mass is 79.9. The number of nitrogen functional groups attached to an aromatic ring is 1. The van der Waals surface area contributed by atoms with Crippen LogP contribution in [0.4, 0.5) is 11.5 Å². The van der Waals surface area contributed by atoms with Crippen molar-refractivity contribution in [2.45, 2.75) is 13.5 Å². The van der Waals surface area contributed by atoms with Gasteiger partial charge in [-0.05, 0) is 30.2 Å². The van der Waals surface area contributed by atoms with Gasteiger partial charge in [0.25, 0.3) is 0 Å². The maximum atomic E-state index is 5.90. The summed E-state index contributed by atoms with van der Waals surface area (Å²) in [4.78, 5) is 6.47. The molecule has 0 aliphatic heterocycles. The Bertz CT molecular complexity index is 537. The first kappa shape index (κ1) is 12.9. The first-order chi connectivity index (χ1) is 8.56. The van der Waals surface area contributed by atoms with E-state index in [9.17, 15) is 0 Å². The minimum absolute atomic E-state index is 0.780. The number of hydrogen-bond donors (Lipinski definition) is 1. The van der Waals surface area contributed by atoms with E-state index < -0.39 is 0 Å². The molecular weight excluding hydrogens is 290 g/mol. The monoisotopic (exact) mass is 305 g/mol. The van der Waals surface area contributed by atoms with Gasteiger partial charge < -0.3 is 10.6 Å². The van der Waals surface area contributed by atoms with E-state index in [4.69, 9.17) is 5.73 Å². The van der Waals surface area contributed by atoms with Crippen molar-refractivity contribution in [3.05, 3.63) is 52.1 Å². The second-order valence-electron chi connectivity index (χ2n) is 4.38. The van der Waals surface area contributed by atoms with E-state index in [0.29, 0.717) is 0 Å². The maximum Gasteiger partial charge on any atom is 0.130 e. The van der Waals surface area contributed by atoms with Crippen LogP contribution < -0.4 is 10.6 Å². The highest BCUT2D eigenvalue weighted by Gasteiger charge is 2.05. The Labute approximate surface area is 116 Å². The van der Waals surface area contributed by atoms with Crippen LogP contribution >= 0.6 is 15.9 Å². The molecule has 0 radical (unpaired) electrons. The minimum Gasteiger partial charge on any atom is -0.398 e. The fraction of sp³-hybridized carbons (Fsp3) is 0.214. The van der Waals surface area contributed by atoms with Gasteiger partial charge in [-0.25, -0.2) is 4.98 Å². The number of nitrogens with zero attached hydrogens (tertiary/aromatic N) is 2. The summed E-state index contributed by atoms with van der Waals surface area (Å²) in [6.07, 6.45) is 1.81. The highest BCUT2D eigenvalue weighted by molar-refractivity contribution is 9.10. The molecule has 4 heteroatoms. The molecule has 94 valence electrons. The van der Waals surface area contributed by atoms with Gasteiger partial charge in [0.15, 0.2) is 0 Å². The van der Waals surface area contributed by atoms with E-state index in [2.05, 4.69) is 37.9 Å². The smallest absolute Gasteiger partial charge is 0.130 e. The van der Waals surface area contributed by atoms with Crippen LogP contribution in [-0.4, -0.2) is 12.0 Å². The number of pyridine rings is 1. The molecule has 1 heterocycles. The number of anilines is 2. The first-order valence-corrected chi connectivity index (χ1v) is 6.53. The zero-order valence-electron chi connectivity index (χ0n) is 10.5. The molecule has 1 aromatic heterocycles. The molecule has 0 aliphatic rings. The van der Waals surface area contributed by atoms with E-state index in [1.807, 2.05) is 38.4 Å². The van der Waals surface area contributed by atoms with Crippen LogP contribution in [0.3, 0.4) is 0 Å². The van der Waals surface area contributed by atoms with Gasteiger partial charge in [-0.15, -0.1) is 0 Å². The van der Waals surface area contributed by atoms with Crippen molar-refractivity contribution < 1.29 is 0 Å². The van der Waals surface area contributed by atoms with Crippen LogP contribution in [0, 0.1) is 6.92 Å². The second-order valence-corrected chi connectivity index (χ2v) is 5.30. The van der Waals surface area contributed by atoms with E-state index in [0.717, 1.165) is 28.1 Å². The van der Waals surface area contributed by atoms with Crippen LogP contribution in [0.2, 0.25) is 0 Å². The van der Waals surface area contributed by atoms with Crippen LogP contribution in [0.25, 0.3) is 0 Å². The third kappa shape index (κ3) is 3.01. The second kappa shape index (κ2) is 5.40. The van der Waals surface area contributed by atoms with Gasteiger partial charge in [0.2, 0.25) is 0 Å². The SMILES string of the molecule is Cc1cnc(N(C)Cc2ccc(Br)cc2)cc1N. The molecule has 1 aromatic carbocycles. The summed E-state index contributed by atoms with van der Waals surface area (Å²) >= 11 is 3.43. The fourth-order valence-electron chi connectivity index (χ4n) is 1.68. The van der Waals surface area contributed by atoms with Gasteiger partial charge in [0, 0.05) is 36.0 Å². The van der Waals surface area contributed by atoms with Gasteiger partial charge in [0.05, 0.1) is 0 Å². The summed E-state index contributed by atoms with van der Waals surface area (Å²) in [6.45, 7) is 2.77. The van der Waals surface area contributed by atoms with Crippen LogP contribution in [-0.2, 0) is 6.54 Å². The predicted octanol–water partition coefficient (Wildman–Crippen LogP) is 3.37. The molecule has 18 heavy (non-hydrogen) atoms. The zero-order chi connectivity index (χ0) is 13.1. The molecule has 0 amide bonds. The number of nitrogens with two attached hydrogens (primary N) is 1. The zero-order valence-corrected chi connectivity index (χ0v) is 12.1. The molecule has 2 rings (SSSR count). The largest absolute Gasteiger partial charge is 0.398 e. The summed E-state index contributed by atoms with van der Waals surface area (Å²) in [5.41, 5.74) is 8.93. The van der Waals surface area contributed by atoms with E-state index >= 15 is 0 Å². The van der Waals surface area contributed by atoms with Gasteiger partial charge in [-0.3, -0.25) is 0 Å². The predicted molar refractivity (Wildman–Crippen MR) is 79.6 cm³/mol. The number of rotatable bonds is 3. The average Bonchev–Trinajstić information content (AvgIpc) is 2.35. The van der Waals surface area contributed by atoms with Gasteiger partial charge in [-0.1, -0.05) is 28.1 Å². The lowest BCUT2D eigenvalue weighted by Crippen LogP contribution is -2.17. The topological polar surface area (TPSA) is 42.2 Å². The Morgan fingerprint density at radius 1 is 1.28 bits per heavy atom. The minimum atomic E-state index is 0.780. The number of aromatic nitrogens is 1. The number of benzene rings is 1. The summed E-state index contributed by atoms with van der Waals surface area (Å²) in [7, 11) is 2.01. The van der Waals surface area contributed by atoms with Crippen molar-refractivity contribution >= 4 is 27.4 Å². The maximum absolute atomic E-state index is 5.90.